The fourth-order valence-electron chi connectivity index (χ4n) is 1.23. The maximum Gasteiger partial charge on any atom is 0.409 e. The van der Waals surface area contributed by atoms with Crippen molar-refractivity contribution in [2.75, 3.05) is 20.2 Å². The summed E-state index contributed by atoms with van der Waals surface area (Å²) in [7, 11) is 1.41. The van der Waals surface area contributed by atoms with Crippen LogP contribution in [0.3, 0.4) is 0 Å². The van der Waals surface area contributed by atoms with Gasteiger partial charge in [-0.25, -0.2) is 4.79 Å². The van der Waals surface area contributed by atoms with Gasteiger partial charge in [-0.15, -0.1) is 0 Å². The maximum atomic E-state index is 11.4. The molecule has 0 atom stereocenters. The van der Waals surface area contributed by atoms with Crippen molar-refractivity contribution in [3.63, 3.8) is 0 Å². The largest absolute Gasteiger partial charge is 0.453 e. The molecular weight excluding hydrogens is 180 g/mol. The standard InChI is InChI=1S/C10H22N2O2/c1-10(2,3)12(9(13)14-4)8-6-5-7-11/h5-8,11H2,1-4H3. The third-order valence-corrected chi connectivity index (χ3v) is 2.04. The highest BCUT2D eigenvalue weighted by Crippen LogP contribution is 2.15. The van der Waals surface area contributed by atoms with E-state index in [4.69, 9.17) is 10.5 Å². The minimum absolute atomic E-state index is 0.193. The number of nitrogens with two attached hydrogens (primary N) is 1. The third-order valence-electron chi connectivity index (χ3n) is 2.04. The van der Waals surface area contributed by atoms with Gasteiger partial charge in [-0.1, -0.05) is 0 Å². The number of carbonyl (C=O) groups is 1. The smallest absolute Gasteiger partial charge is 0.409 e. The lowest BCUT2D eigenvalue weighted by Gasteiger charge is -2.34. The average molecular weight is 202 g/mol. The van der Waals surface area contributed by atoms with Gasteiger partial charge in [0.25, 0.3) is 0 Å². The van der Waals surface area contributed by atoms with E-state index in [1.165, 1.54) is 7.11 Å². The minimum atomic E-state index is -0.269. The van der Waals surface area contributed by atoms with E-state index in [-0.39, 0.29) is 11.6 Å². The maximum absolute atomic E-state index is 11.4. The van der Waals surface area contributed by atoms with Crippen molar-refractivity contribution < 1.29 is 9.53 Å². The Hall–Kier alpha value is -0.770. The van der Waals surface area contributed by atoms with Crippen LogP contribution in [0.2, 0.25) is 0 Å². The van der Waals surface area contributed by atoms with E-state index in [0.29, 0.717) is 13.1 Å². The predicted octanol–water partition coefficient (Wildman–Crippen LogP) is 1.59. The van der Waals surface area contributed by atoms with Gasteiger partial charge in [0.1, 0.15) is 0 Å². The number of carbonyl (C=O) groups excluding carboxylic acids is 1. The van der Waals surface area contributed by atoms with Crippen molar-refractivity contribution in [2.45, 2.75) is 39.2 Å². The molecular formula is C10H22N2O2. The molecule has 0 radical (unpaired) electrons. The quantitative estimate of drug-likeness (QED) is 0.704. The van der Waals surface area contributed by atoms with Crippen LogP contribution in [-0.4, -0.2) is 36.7 Å². The Morgan fingerprint density at radius 1 is 1.36 bits per heavy atom. The Morgan fingerprint density at radius 2 is 1.93 bits per heavy atom. The summed E-state index contributed by atoms with van der Waals surface area (Å²) in [6, 6.07) is 0. The van der Waals surface area contributed by atoms with E-state index >= 15 is 0 Å². The van der Waals surface area contributed by atoms with E-state index in [0.717, 1.165) is 12.8 Å². The minimum Gasteiger partial charge on any atom is -0.453 e. The molecule has 0 aromatic heterocycles. The number of unbranched alkanes of at least 4 members (excludes halogenated alkanes) is 1. The van der Waals surface area contributed by atoms with E-state index in [1.807, 2.05) is 20.8 Å². The number of hydrogen-bond donors (Lipinski definition) is 1. The molecule has 0 aromatic carbocycles. The molecule has 14 heavy (non-hydrogen) atoms. The Morgan fingerprint density at radius 3 is 2.29 bits per heavy atom. The van der Waals surface area contributed by atoms with Crippen molar-refractivity contribution in [1.82, 2.24) is 4.90 Å². The lowest BCUT2D eigenvalue weighted by Crippen LogP contribution is -2.46. The molecule has 0 aliphatic heterocycles. The molecule has 0 aliphatic rings. The lowest BCUT2D eigenvalue weighted by molar-refractivity contribution is 0.0827. The summed E-state index contributed by atoms with van der Waals surface area (Å²) in [6.07, 6.45) is 1.58. The number of amides is 1. The molecule has 0 saturated carbocycles. The topological polar surface area (TPSA) is 55.6 Å². The molecule has 0 bridgehead atoms. The van der Waals surface area contributed by atoms with E-state index in [9.17, 15) is 4.79 Å². The van der Waals surface area contributed by atoms with Gasteiger partial charge in [-0.2, -0.15) is 0 Å². The highest BCUT2D eigenvalue weighted by molar-refractivity contribution is 5.68. The Balaban J connectivity index is 4.19. The lowest BCUT2D eigenvalue weighted by atomic mass is 10.1. The highest BCUT2D eigenvalue weighted by atomic mass is 16.5. The van der Waals surface area contributed by atoms with Crippen molar-refractivity contribution in [3.8, 4) is 0 Å². The van der Waals surface area contributed by atoms with Crippen LogP contribution in [0.5, 0.6) is 0 Å². The number of ether oxygens (including phenoxy) is 1. The molecule has 0 aliphatic carbocycles. The predicted molar refractivity (Wildman–Crippen MR) is 57.2 cm³/mol. The second kappa shape index (κ2) is 5.86. The van der Waals surface area contributed by atoms with Gasteiger partial charge >= 0.3 is 6.09 Å². The van der Waals surface area contributed by atoms with Gasteiger partial charge in [0.15, 0.2) is 0 Å². The number of rotatable bonds is 4. The van der Waals surface area contributed by atoms with Crippen LogP contribution in [0.1, 0.15) is 33.6 Å². The van der Waals surface area contributed by atoms with Crippen LogP contribution in [0, 0.1) is 0 Å². The van der Waals surface area contributed by atoms with Crippen LogP contribution < -0.4 is 5.73 Å². The number of hydrogen-bond acceptors (Lipinski definition) is 3. The zero-order chi connectivity index (χ0) is 11.2. The molecule has 4 heteroatoms. The molecule has 0 spiro atoms. The molecule has 2 N–H and O–H groups in total. The van der Waals surface area contributed by atoms with Crippen LogP contribution in [0.25, 0.3) is 0 Å². The molecule has 0 saturated heterocycles. The van der Waals surface area contributed by atoms with E-state index in [2.05, 4.69) is 0 Å². The fourth-order valence-corrected chi connectivity index (χ4v) is 1.23. The summed E-state index contributed by atoms with van der Waals surface area (Å²) in [5, 5.41) is 0. The van der Waals surface area contributed by atoms with E-state index in [1.54, 1.807) is 4.90 Å². The summed E-state index contributed by atoms with van der Waals surface area (Å²) >= 11 is 0. The molecule has 0 aromatic rings. The van der Waals surface area contributed by atoms with Crippen LogP contribution in [0.15, 0.2) is 0 Å². The molecule has 0 fully saturated rings. The summed E-state index contributed by atoms with van der Waals surface area (Å²) < 4.78 is 4.73. The first-order valence-electron chi connectivity index (χ1n) is 4.99. The van der Waals surface area contributed by atoms with Gasteiger partial charge in [-0.05, 0) is 40.2 Å². The first kappa shape index (κ1) is 13.2. The Labute approximate surface area is 86.4 Å². The molecule has 84 valence electrons. The normalized spacial score (nSPS) is 11.2. The van der Waals surface area contributed by atoms with Crippen LogP contribution >= 0.6 is 0 Å². The first-order valence-corrected chi connectivity index (χ1v) is 4.99. The Kier molecular flexibility index (Phi) is 5.53. The van der Waals surface area contributed by atoms with Gasteiger partial charge in [0.05, 0.1) is 7.11 Å². The van der Waals surface area contributed by atoms with Crippen molar-refractivity contribution in [2.24, 2.45) is 5.73 Å². The van der Waals surface area contributed by atoms with Crippen molar-refractivity contribution in [3.05, 3.63) is 0 Å². The highest BCUT2D eigenvalue weighted by Gasteiger charge is 2.26. The fraction of sp³-hybridized carbons (Fsp3) is 0.900. The Bertz CT molecular complexity index is 175. The number of methoxy groups -OCH3 is 1. The SMILES string of the molecule is COC(=O)N(CCCCN)C(C)(C)C. The van der Waals surface area contributed by atoms with Gasteiger partial charge in [0, 0.05) is 12.1 Å². The van der Waals surface area contributed by atoms with Gasteiger partial charge in [0.2, 0.25) is 0 Å². The summed E-state index contributed by atoms with van der Waals surface area (Å²) in [4.78, 5) is 13.2. The van der Waals surface area contributed by atoms with Gasteiger partial charge < -0.3 is 15.4 Å². The van der Waals surface area contributed by atoms with Crippen molar-refractivity contribution in [1.29, 1.82) is 0 Å². The van der Waals surface area contributed by atoms with E-state index < -0.39 is 0 Å². The molecule has 0 unspecified atom stereocenters. The molecule has 4 nitrogen and oxygen atoms in total. The summed E-state index contributed by atoms with van der Waals surface area (Å²) in [5.41, 5.74) is 5.20. The second-order valence-electron chi connectivity index (χ2n) is 4.29. The zero-order valence-corrected chi connectivity index (χ0v) is 9.67. The van der Waals surface area contributed by atoms with Crippen LogP contribution in [0.4, 0.5) is 4.79 Å². The second-order valence-corrected chi connectivity index (χ2v) is 4.29. The summed E-state index contributed by atoms with van der Waals surface area (Å²) in [6.45, 7) is 7.34. The molecule has 1 amide bonds. The first-order chi connectivity index (χ1) is 6.43. The molecule has 0 heterocycles. The average Bonchev–Trinajstić information content (AvgIpc) is 2.09. The third kappa shape index (κ3) is 4.46. The number of nitrogens with zero attached hydrogens (tertiary/aromatic N) is 1. The molecule has 0 rings (SSSR count). The summed E-state index contributed by atoms with van der Waals surface area (Å²) in [5.74, 6) is 0. The zero-order valence-electron chi connectivity index (χ0n) is 9.67. The van der Waals surface area contributed by atoms with Crippen LogP contribution in [-0.2, 0) is 4.74 Å². The van der Waals surface area contributed by atoms with Gasteiger partial charge in [-0.3, -0.25) is 0 Å². The monoisotopic (exact) mass is 202 g/mol. The van der Waals surface area contributed by atoms with Crippen molar-refractivity contribution >= 4 is 6.09 Å².